The van der Waals surface area contributed by atoms with E-state index in [1.54, 1.807) is 0 Å². The van der Waals surface area contributed by atoms with Crippen LogP contribution < -0.4 is 0 Å². The molecule has 0 bridgehead atoms. The second-order valence-corrected chi connectivity index (χ2v) is 5.74. The fourth-order valence-corrected chi connectivity index (χ4v) is 2.40. The number of ether oxygens (including phenoxy) is 1. The predicted molar refractivity (Wildman–Crippen MR) is 84.6 cm³/mol. The molecule has 0 amide bonds. The van der Waals surface area contributed by atoms with Gasteiger partial charge in [0.2, 0.25) is 0 Å². The zero-order valence-electron chi connectivity index (χ0n) is 12.5. The first-order chi connectivity index (χ1) is 9.74. The minimum Gasteiger partial charge on any atom is -0.373 e. The van der Waals surface area contributed by atoms with Crippen LogP contribution in [0.2, 0.25) is 0 Å². The normalized spacial score (nSPS) is 12.6. The smallest absolute Gasteiger partial charge is 0.0720 e. The largest absolute Gasteiger partial charge is 0.373 e. The molecule has 0 aliphatic carbocycles. The highest BCUT2D eigenvalue weighted by molar-refractivity contribution is 5.16. The van der Waals surface area contributed by atoms with Crippen molar-refractivity contribution >= 4 is 0 Å². The molecule has 0 aromatic heterocycles. The van der Waals surface area contributed by atoms with Gasteiger partial charge in [-0.25, -0.2) is 0 Å². The van der Waals surface area contributed by atoms with E-state index in [2.05, 4.69) is 68.4 Å². The molecule has 0 saturated heterocycles. The third-order valence-electron chi connectivity index (χ3n) is 3.37. The van der Waals surface area contributed by atoms with Crippen molar-refractivity contribution in [2.75, 3.05) is 0 Å². The molecule has 106 valence electrons. The average Bonchev–Trinajstić information content (AvgIpc) is 2.46. The molecule has 0 fully saturated rings. The van der Waals surface area contributed by atoms with Gasteiger partial charge in [0, 0.05) is 0 Å². The van der Waals surface area contributed by atoms with Crippen molar-refractivity contribution in [1.29, 1.82) is 0 Å². The lowest BCUT2D eigenvalue weighted by molar-refractivity contribution is 0.0275. The summed E-state index contributed by atoms with van der Waals surface area (Å²) in [4.78, 5) is 0. The van der Waals surface area contributed by atoms with Crippen LogP contribution in [0.5, 0.6) is 0 Å². The highest BCUT2D eigenvalue weighted by atomic mass is 16.5. The molecule has 2 aromatic rings. The molecule has 20 heavy (non-hydrogen) atoms. The molecule has 0 N–H and O–H groups in total. The monoisotopic (exact) mass is 268 g/mol. The van der Waals surface area contributed by atoms with Gasteiger partial charge in [-0.05, 0) is 29.9 Å². The maximum Gasteiger partial charge on any atom is 0.0720 e. The first kappa shape index (κ1) is 14.8. The Morgan fingerprint density at radius 2 is 1.35 bits per heavy atom. The molecule has 0 heterocycles. The molecule has 1 atom stereocenters. The van der Waals surface area contributed by atoms with Gasteiger partial charge >= 0.3 is 0 Å². The summed E-state index contributed by atoms with van der Waals surface area (Å²) in [6, 6.07) is 21.0. The van der Waals surface area contributed by atoms with Crippen LogP contribution in [-0.2, 0) is 17.8 Å². The molecular weight excluding hydrogens is 244 g/mol. The Kier molecular flexibility index (Phi) is 5.82. The van der Waals surface area contributed by atoms with Crippen LogP contribution in [0.25, 0.3) is 0 Å². The van der Waals surface area contributed by atoms with Gasteiger partial charge in [-0.3, -0.25) is 0 Å². The summed E-state index contributed by atoms with van der Waals surface area (Å²) in [5.41, 5.74) is 2.60. The predicted octanol–water partition coefficient (Wildman–Crippen LogP) is 4.86. The van der Waals surface area contributed by atoms with Gasteiger partial charge in [0.1, 0.15) is 0 Å². The van der Waals surface area contributed by atoms with Crippen LogP contribution in [0.15, 0.2) is 60.7 Å². The van der Waals surface area contributed by atoms with Crippen LogP contribution in [-0.4, -0.2) is 6.10 Å². The fraction of sp³-hybridized carbons (Fsp3) is 0.368. The van der Waals surface area contributed by atoms with Crippen LogP contribution in [0.4, 0.5) is 0 Å². The lowest BCUT2D eigenvalue weighted by Crippen LogP contribution is -2.18. The van der Waals surface area contributed by atoms with Gasteiger partial charge in [-0.15, -0.1) is 0 Å². The van der Waals surface area contributed by atoms with Crippen molar-refractivity contribution in [3.63, 3.8) is 0 Å². The Morgan fingerprint density at radius 3 is 1.90 bits per heavy atom. The maximum atomic E-state index is 6.14. The molecule has 0 saturated carbocycles. The van der Waals surface area contributed by atoms with Gasteiger partial charge in [-0.1, -0.05) is 74.5 Å². The zero-order chi connectivity index (χ0) is 14.2. The van der Waals surface area contributed by atoms with E-state index in [1.807, 2.05) is 6.07 Å². The van der Waals surface area contributed by atoms with Crippen molar-refractivity contribution in [3.8, 4) is 0 Å². The van der Waals surface area contributed by atoms with Gasteiger partial charge in [0.15, 0.2) is 0 Å². The summed E-state index contributed by atoms with van der Waals surface area (Å²) in [7, 11) is 0. The maximum absolute atomic E-state index is 6.14. The summed E-state index contributed by atoms with van der Waals surface area (Å²) < 4.78 is 6.14. The molecule has 1 nitrogen and oxygen atoms in total. The minimum absolute atomic E-state index is 0.289. The van der Waals surface area contributed by atoms with Crippen molar-refractivity contribution in [2.24, 2.45) is 5.92 Å². The quantitative estimate of drug-likeness (QED) is 0.696. The van der Waals surface area contributed by atoms with E-state index in [4.69, 9.17) is 4.74 Å². The number of hydrogen-bond donors (Lipinski definition) is 0. The Bertz CT molecular complexity index is 476. The molecule has 0 aliphatic heterocycles. The van der Waals surface area contributed by atoms with E-state index in [0.717, 1.165) is 12.8 Å². The van der Waals surface area contributed by atoms with Crippen LogP contribution >= 0.6 is 0 Å². The number of hydrogen-bond acceptors (Lipinski definition) is 1. The lowest BCUT2D eigenvalue weighted by Gasteiger charge is -2.20. The summed E-state index contributed by atoms with van der Waals surface area (Å²) in [5.74, 6) is 0.652. The van der Waals surface area contributed by atoms with Gasteiger partial charge in [0.25, 0.3) is 0 Å². The highest BCUT2D eigenvalue weighted by Gasteiger charge is 2.12. The molecule has 2 aromatic carbocycles. The summed E-state index contributed by atoms with van der Waals surface area (Å²) >= 11 is 0. The standard InChI is InChI=1S/C19H24O/c1-16(2)13-19(14-17-9-5-3-6-10-17)20-15-18-11-7-4-8-12-18/h3-12,16,19H,13-15H2,1-2H3. The minimum atomic E-state index is 0.289. The van der Waals surface area contributed by atoms with E-state index in [0.29, 0.717) is 12.5 Å². The molecule has 2 rings (SSSR count). The van der Waals surface area contributed by atoms with E-state index in [1.165, 1.54) is 11.1 Å². The Labute approximate surface area is 122 Å². The van der Waals surface area contributed by atoms with Crippen LogP contribution in [0, 0.1) is 5.92 Å². The van der Waals surface area contributed by atoms with Crippen molar-refractivity contribution in [2.45, 2.75) is 39.4 Å². The van der Waals surface area contributed by atoms with Crippen molar-refractivity contribution in [3.05, 3.63) is 71.8 Å². The SMILES string of the molecule is CC(C)CC(Cc1ccccc1)OCc1ccccc1. The summed E-state index contributed by atoms with van der Waals surface area (Å²) in [5, 5.41) is 0. The molecule has 1 heteroatoms. The third kappa shape index (κ3) is 5.18. The summed E-state index contributed by atoms with van der Waals surface area (Å²) in [6.07, 6.45) is 2.38. The molecule has 0 aliphatic rings. The zero-order valence-corrected chi connectivity index (χ0v) is 12.5. The second-order valence-electron chi connectivity index (χ2n) is 5.74. The Balaban J connectivity index is 1.93. The molecular formula is C19H24O. The fourth-order valence-electron chi connectivity index (χ4n) is 2.40. The lowest BCUT2D eigenvalue weighted by atomic mass is 9.99. The molecule has 1 unspecified atom stereocenters. The Morgan fingerprint density at radius 1 is 0.800 bits per heavy atom. The van der Waals surface area contributed by atoms with E-state index < -0.39 is 0 Å². The summed E-state index contributed by atoms with van der Waals surface area (Å²) in [6.45, 7) is 5.21. The topological polar surface area (TPSA) is 9.23 Å². The highest BCUT2D eigenvalue weighted by Crippen LogP contribution is 2.16. The van der Waals surface area contributed by atoms with E-state index >= 15 is 0 Å². The second kappa shape index (κ2) is 7.86. The molecule has 0 radical (unpaired) electrons. The van der Waals surface area contributed by atoms with E-state index in [9.17, 15) is 0 Å². The first-order valence-electron chi connectivity index (χ1n) is 7.43. The van der Waals surface area contributed by atoms with Crippen molar-refractivity contribution < 1.29 is 4.74 Å². The molecule has 0 spiro atoms. The van der Waals surface area contributed by atoms with Crippen LogP contribution in [0.3, 0.4) is 0 Å². The van der Waals surface area contributed by atoms with Gasteiger partial charge in [-0.2, -0.15) is 0 Å². The Hall–Kier alpha value is -1.60. The number of rotatable bonds is 7. The first-order valence-corrected chi connectivity index (χ1v) is 7.43. The van der Waals surface area contributed by atoms with Crippen LogP contribution in [0.1, 0.15) is 31.4 Å². The van der Waals surface area contributed by atoms with Crippen molar-refractivity contribution in [1.82, 2.24) is 0 Å². The average molecular weight is 268 g/mol. The number of benzene rings is 2. The van der Waals surface area contributed by atoms with E-state index in [-0.39, 0.29) is 6.10 Å². The van der Waals surface area contributed by atoms with Gasteiger partial charge in [0.05, 0.1) is 12.7 Å². The third-order valence-corrected chi connectivity index (χ3v) is 3.37. The van der Waals surface area contributed by atoms with Gasteiger partial charge < -0.3 is 4.74 Å².